The van der Waals surface area contributed by atoms with E-state index in [9.17, 15) is 18.4 Å². The first-order valence-electron chi connectivity index (χ1n) is 3.75. The van der Waals surface area contributed by atoms with Gasteiger partial charge in [-0.3, -0.25) is 9.59 Å². The lowest BCUT2D eigenvalue weighted by atomic mass is 10.1. The Hall–Kier alpha value is -1.17. The third-order valence-electron chi connectivity index (χ3n) is 1.48. The van der Waals surface area contributed by atoms with Crippen LogP contribution in [0.2, 0.25) is 0 Å². The number of alkyl halides is 2. The van der Waals surface area contributed by atoms with Gasteiger partial charge in [0, 0.05) is 18.5 Å². The fourth-order valence-corrected chi connectivity index (χ4v) is 1.31. The highest BCUT2D eigenvalue weighted by Crippen LogP contribution is 2.17. The Morgan fingerprint density at radius 1 is 1.57 bits per heavy atom. The second-order valence-electron chi connectivity index (χ2n) is 2.75. The van der Waals surface area contributed by atoms with Crippen molar-refractivity contribution >= 4 is 22.9 Å². The zero-order valence-electron chi connectivity index (χ0n) is 7.29. The fraction of sp³-hybridized carbons (Fsp3) is 0.375. The van der Waals surface area contributed by atoms with E-state index in [4.69, 9.17) is 0 Å². The molecule has 1 aromatic rings. The van der Waals surface area contributed by atoms with E-state index in [1.54, 1.807) is 5.38 Å². The van der Waals surface area contributed by atoms with Crippen LogP contribution in [0, 0.1) is 0 Å². The number of ketones is 2. The van der Waals surface area contributed by atoms with Crippen LogP contribution in [0.4, 0.5) is 8.78 Å². The summed E-state index contributed by atoms with van der Waals surface area (Å²) in [4.78, 5) is 25.6. The predicted molar refractivity (Wildman–Crippen MR) is 46.7 cm³/mol. The van der Waals surface area contributed by atoms with Crippen LogP contribution >= 0.6 is 11.3 Å². The van der Waals surface area contributed by atoms with E-state index in [2.05, 4.69) is 4.98 Å². The molecule has 0 N–H and O–H groups in total. The molecule has 76 valence electrons. The Morgan fingerprint density at radius 2 is 2.21 bits per heavy atom. The lowest BCUT2D eigenvalue weighted by Gasteiger charge is -2.06. The lowest BCUT2D eigenvalue weighted by molar-refractivity contribution is -0.139. The molecule has 6 heteroatoms. The molecule has 0 amide bonds. The summed E-state index contributed by atoms with van der Waals surface area (Å²) in [6, 6.07) is 0. The highest BCUT2D eigenvalue weighted by molar-refractivity contribution is 7.11. The smallest absolute Gasteiger partial charge is 0.292 e. The van der Waals surface area contributed by atoms with Crippen molar-refractivity contribution in [2.24, 2.45) is 0 Å². The van der Waals surface area contributed by atoms with Gasteiger partial charge in [0.2, 0.25) is 5.78 Å². The Labute approximate surface area is 82.8 Å². The van der Waals surface area contributed by atoms with Crippen LogP contribution in [-0.2, 0) is 4.79 Å². The normalized spacial score (nSPS) is 11.4. The number of carbonyl (C=O) groups is 2. The molecular weight excluding hydrogens is 212 g/mol. The van der Waals surface area contributed by atoms with Gasteiger partial charge >= 0.3 is 5.92 Å². The van der Waals surface area contributed by atoms with Crippen LogP contribution in [0.3, 0.4) is 0 Å². The van der Waals surface area contributed by atoms with Gasteiger partial charge in [0.1, 0.15) is 0 Å². The van der Waals surface area contributed by atoms with Gasteiger partial charge in [0.15, 0.2) is 10.8 Å². The van der Waals surface area contributed by atoms with Crippen molar-refractivity contribution in [3.8, 4) is 0 Å². The fourth-order valence-electron chi connectivity index (χ4n) is 0.738. The molecule has 14 heavy (non-hydrogen) atoms. The number of halogens is 2. The van der Waals surface area contributed by atoms with Crippen molar-refractivity contribution in [3.63, 3.8) is 0 Å². The molecule has 0 aliphatic heterocycles. The van der Waals surface area contributed by atoms with Gasteiger partial charge in [-0.15, -0.1) is 11.3 Å². The first-order chi connectivity index (χ1) is 6.41. The van der Waals surface area contributed by atoms with E-state index in [1.165, 1.54) is 6.20 Å². The molecule has 0 saturated heterocycles. The quantitative estimate of drug-likeness (QED) is 0.574. The predicted octanol–water partition coefficient (Wildman–Crippen LogP) is 1.94. The maximum atomic E-state index is 12.4. The van der Waals surface area contributed by atoms with E-state index in [0.29, 0.717) is 6.92 Å². The number of hydrogen-bond acceptors (Lipinski definition) is 4. The summed E-state index contributed by atoms with van der Waals surface area (Å²) in [6.07, 6.45) is 0.587. The minimum atomic E-state index is -3.45. The highest BCUT2D eigenvalue weighted by Gasteiger charge is 2.33. The second-order valence-corrected chi connectivity index (χ2v) is 3.64. The van der Waals surface area contributed by atoms with Gasteiger partial charge in [-0.05, 0) is 0 Å². The summed E-state index contributed by atoms with van der Waals surface area (Å²) in [5.74, 6) is -5.49. The molecular formula is C8H7F2NO2S. The van der Waals surface area contributed by atoms with Gasteiger partial charge in [-0.25, -0.2) is 4.98 Å². The molecule has 0 spiro atoms. The zero-order valence-corrected chi connectivity index (χ0v) is 8.11. The van der Waals surface area contributed by atoms with Crippen LogP contribution in [0.15, 0.2) is 11.6 Å². The Kier molecular flexibility index (Phi) is 3.05. The summed E-state index contributed by atoms with van der Waals surface area (Å²) in [7, 11) is 0. The van der Waals surface area contributed by atoms with Crippen molar-refractivity contribution < 1.29 is 18.4 Å². The van der Waals surface area contributed by atoms with Crippen LogP contribution in [0.1, 0.15) is 23.1 Å². The first-order valence-corrected chi connectivity index (χ1v) is 4.63. The van der Waals surface area contributed by atoms with Gasteiger partial charge < -0.3 is 0 Å². The van der Waals surface area contributed by atoms with Gasteiger partial charge in [0.05, 0.1) is 6.42 Å². The molecule has 0 unspecified atom stereocenters. The minimum absolute atomic E-state index is 0.0857. The molecule has 0 aliphatic carbocycles. The van der Waals surface area contributed by atoms with Crippen molar-refractivity contribution in [1.82, 2.24) is 4.98 Å². The Bertz CT molecular complexity index is 343. The first kappa shape index (κ1) is 10.9. The summed E-state index contributed by atoms with van der Waals surface area (Å²) < 4.78 is 24.8. The SMILES string of the molecule is CC(F)(F)C(=O)CC(=O)c1nccs1. The van der Waals surface area contributed by atoms with Crippen LogP contribution in [0.25, 0.3) is 0 Å². The second kappa shape index (κ2) is 3.91. The molecule has 1 heterocycles. The molecule has 1 rings (SSSR count). The van der Waals surface area contributed by atoms with E-state index in [-0.39, 0.29) is 5.01 Å². The number of rotatable bonds is 4. The van der Waals surface area contributed by atoms with E-state index < -0.39 is 23.9 Å². The third-order valence-corrected chi connectivity index (χ3v) is 2.30. The number of nitrogens with zero attached hydrogens (tertiary/aromatic N) is 1. The Morgan fingerprint density at radius 3 is 2.64 bits per heavy atom. The topological polar surface area (TPSA) is 47.0 Å². The number of Topliss-reactive ketones (excluding diaryl/α,β-unsaturated/α-hetero) is 2. The maximum Gasteiger partial charge on any atom is 0.303 e. The maximum absolute atomic E-state index is 12.4. The standard InChI is InChI=1S/C8H7F2NO2S/c1-8(9,10)6(13)4-5(12)7-11-2-3-14-7/h2-3H,4H2,1H3. The van der Waals surface area contributed by atoms with Gasteiger partial charge in [-0.2, -0.15) is 8.78 Å². The molecule has 3 nitrogen and oxygen atoms in total. The molecule has 1 aromatic heterocycles. The molecule has 0 radical (unpaired) electrons. The highest BCUT2D eigenvalue weighted by atomic mass is 32.1. The van der Waals surface area contributed by atoms with Gasteiger partial charge in [0.25, 0.3) is 0 Å². The van der Waals surface area contributed by atoms with Crippen molar-refractivity contribution in [2.45, 2.75) is 19.3 Å². The molecule has 0 bridgehead atoms. The van der Waals surface area contributed by atoms with Crippen LogP contribution in [0.5, 0.6) is 0 Å². The average Bonchev–Trinajstić information content (AvgIpc) is 2.53. The molecule has 0 aliphatic rings. The van der Waals surface area contributed by atoms with E-state index in [0.717, 1.165) is 11.3 Å². The lowest BCUT2D eigenvalue weighted by Crippen LogP contribution is -2.26. The molecule has 0 saturated carbocycles. The molecule has 0 aromatic carbocycles. The Balaban J connectivity index is 2.63. The van der Waals surface area contributed by atoms with E-state index in [1.807, 2.05) is 0 Å². The largest absolute Gasteiger partial charge is 0.303 e. The van der Waals surface area contributed by atoms with Crippen LogP contribution < -0.4 is 0 Å². The van der Waals surface area contributed by atoms with Crippen molar-refractivity contribution in [1.29, 1.82) is 0 Å². The number of carbonyl (C=O) groups excluding carboxylic acids is 2. The third kappa shape index (κ3) is 2.66. The summed E-state index contributed by atoms with van der Waals surface area (Å²) >= 11 is 1.03. The molecule has 0 atom stereocenters. The number of hydrogen-bond donors (Lipinski definition) is 0. The minimum Gasteiger partial charge on any atom is -0.292 e. The summed E-state index contributed by atoms with van der Waals surface area (Å²) in [5.41, 5.74) is 0. The monoisotopic (exact) mass is 219 g/mol. The van der Waals surface area contributed by atoms with Gasteiger partial charge in [-0.1, -0.05) is 0 Å². The number of thiazole rings is 1. The average molecular weight is 219 g/mol. The molecule has 0 fully saturated rings. The van der Waals surface area contributed by atoms with Crippen molar-refractivity contribution in [2.75, 3.05) is 0 Å². The van der Waals surface area contributed by atoms with Crippen LogP contribution in [-0.4, -0.2) is 22.5 Å². The van der Waals surface area contributed by atoms with Crippen molar-refractivity contribution in [3.05, 3.63) is 16.6 Å². The van der Waals surface area contributed by atoms with E-state index >= 15 is 0 Å². The zero-order chi connectivity index (χ0) is 10.8. The number of aromatic nitrogens is 1. The summed E-state index contributed by atoms with van der Waals surface area (Å²) in [5, 5.41) is 1.63. The summed E-state index contributed by atoms with van der Waals surface area (Å²) in [6.45, 7) is 0.477.